The minimum atomic E-state index is 0.166. The highest BCUT2D eigenvalue weighted by atomic mass is 16.5. The molecule has 0 spiro atoms. The Morgan fingerprint density at radius 2 is 1.85 bits per heavy atom. The van der Waals surface area contributed by atoms with Crippen molar-refractivity contribution in [2.45, 2.75) is 51.7 Å². The van der Waals surface area contributed by atoms with Crippen molar-refractivity contribution in [1.29, 1.82) is 0 Å². The Morgan fingerprint density at radius 3 is 2.45 bits per heavy atom. The van der Waals surface area contributed by atoms with Gasteiger partial charge in [-0.1, -0.05) is 26.7 Å². The van der Waals surface area contributed by atoms with Gasteiger partial charge in [-0.05, 0) is 38.8 Å². The highest BCUT2D eigenvalue weighted by Crippen LogP contribution is 2.26. The Balaban J connectivity index is 1.78. The first-order valence-electron chi connectivity index (χ1n) is 8.05. The Hall–Kier alpha value is -0.610. The lowest BCUT2D eigenvalue weighted by atomic mass is 9.88. The molecule has 0 N–H and O–H groups in total. The van der Waals surface area contributed by atoms with Gasteiger partial charge in [0, 0.05) is 19.1 Å². The zero-order valence-electron chi connectivity index (χ0n) is 13.5. The van der Waals surface area contributed by atoms with E-state index in [-0.39, 0.29) is 18.6 Å². The van der Waals surface area contributed by atoms with Crippen molar-refractivity contribution in [3.8, 4) is 0 Å². The molecule has 0 radical (unpaired) electrons. The molecule has 0 aromatic rings. The molecule has 4 heteroatoms. The van der Waals surface area contributed by atoms with E-state index in [2.05, 4.69) is 32.8 Å². The summed E-state index contributed by atoms with van der Waals surface area (Å²) in [4.78, 5) is 16.5. The van der Waals surface area contributed by atoms with Crippen LogP contribution < -0.4 is 0 Å². The smallest absolute Gasteiger partial charge is 0.248 e. The molecule has 1 saturated carbocycles. The number of likely N-dealkylation sites (N-methyl/N-ethyl adjacent to an activating group) is 1. The van der Waals surface area contributed by atoms with E-state index < -0.39 is 0 Å². The van der Waals surface area contributed by atoms with Gasteiger partial charge in [0.2, 0.25) is 5.91 Å². The Bertz CT molecular complexity index is 332. The van der Waals surface area contributed by atoms with Crippen LogP contribution in [-0.2, 0) is 9.53 Å². The number of amides is 1. The van der Waals surface area contributed by atoms with Crippen LogP contribution in [0.4, 0.5) is 0 Å². The maximum absolute atomic E-state index is 12.3. The molecule has 1 aliphatic carbocycles. The number of carbonyl (C=O) groups excluding carboxylic acids is 1. The van der Waals surface area contributed by atoms with E-state index in [9.17, 15) is 4.79 Å². The van der Waals surface area contributed by atoms with Crippen molar-refractivity contribution in [3.05, 3.63) is 0 Å². The zero-order valence-corrected chi connectivity index (χ0v) is 13.5. The summed E-state index contributed by atoms with van der Waals surface area (Å²) in [5.41, 5.74) is 0. The van der Waals surface area contributed by atoms with Gasteiger partial charge in [0.25, 0.3) is 0 Å². The quantitative estimate of drug-likeness (QED) is 0.790. The number of hydrogen-bond acceptors (Lipinski definition) is 3. The van der Waals surface area contributed by atoms with Gasteiger partial charge < -0.3 is 14.5 Å². The van der Waals surface area contributed by atoms with Crippen molar-refractivity contribution in [2.75, 3.05) is 33.8 Å². The summed E-state index contributed by atoms with van der Waals surface area (Å²) in [6, 6.07) is 0.479. The van der Waals surface area contributed by atoms with Gasteiger partial charge in [-0.3, -0.25) is 4.79 Å². The molecule has 0 aromatic heterocycles. The lowest BCUT2D eigenvalue weighted by molar-refractivity contribution is -0.139. The second-order valence-corrected chi connectivity index (χ2v) is 6.92. The number of hydrogen-bond donors (Lipinski definition) is 0. The third kappa shape index (κ3) is 3.73. The molecule has 1 saturated heterocycles. The van der Waals surface area contributed by atoms with Gasteiger partial charge >= 0.3 is 0 Å². The molecule has 20 heavy (non-hydrogen) atoms. The molecule has 1 amide bonds. The monoisotopic (exact) mass is 282 g/mol. The summed E-state index contributed by atoms with van der Waals surface area (Å²) in [7, 11) is 4.19. The lowest BCUT2D eigenvalue weighted by Gasteiger charge is -2.29. The van der Waals surface area contributed by atoms with Crippen LogP contribution in [0.2, 0.25) is 0 Å². The van der Waals surface area contributed by atoms with Crippen molar-refractivity contribution in [2.24, 2.45) is 11.8 Å². The largest absolute Gasteiger partial charge is 0.368 e. The van der Waals surface area contributed by atoms with Crippen LogP contribution in [0.1, 0.15) is 39.5 Å². The zero-order chi connectivity index (χ0) is 14.7. The number of nitrogens with zero attached hydrogens (tertiary/aromatic N) is 2. The van der Waals surface area contributed by atoms with Gasteiger partial charge in [-0.25, -0.2) is 0 Å². The summed E-state index contributed by atoms with van der Waals surface area (Å²) in [5, 5.41) is 0. The first kappa shape index (κ1) is 15.8. The van der Waals surface area contributed by atoms with E-state index in [1.54, 1.807) is 0 Å². The minimum Gasteiger partial charge on any atom is -0.368 e. The third-order valence-corrected chi connectivity index (χ3v) is 5.04. The van der Waals surface area contributed by atoms with Crippen LogP contribution >= 0.6 is 0 Å². The van der Waals surface area contributed by atoms with Gasteiger partial charge in [0.05, 0.1) is 6.10 Å². The Kier molecular flexibility index (Phi) is 5.44. The molecule has 1 aliphatic heterocycles. The Labute approximate surface area is 123 Å². The third-order valence-electron chi connectivity index (χ3n) is 5.04. The van der Waals surface area contributed by atoms with Gasteiger partial charge in [-0.15, -0.1) is 0 Å². The molecule has 4 nitrogen and oxygen atoms in total. The molecule has 2 rings (SSSR count). The van der Waals surface area contributed by atoms with Crippen molar-refractivity contribution < 1.29 is 9.53 Å². The molecule has 1 heterocycles. The number of likely N-dealkylation sites (tertiary alicyclic amines) is 1. The summed E-state index contributed by atoms with van der Waals surface area (Å²) in [5.74, 6) is 1.31. The fourth-order valence-corrected chi connectivity index (χ4v) is 3.62. The van der Waals surface area contributed by atoms with E-state index in [4.69, 9.17) is 4.74 Å². The molecule has 0 aromatic carbocycles. The topological polar surface area (TPSA) is 32.8 Å². The van der Waals surface area contributed by atoms with E-state index in [0.29, 0.717) is 17.9 Å². The van der Waals surface area contributed by atoms with Crippen LogP contribution in [-0.4, -0.2) is 61.6 Å². The second kappa shape index (κ2) is 6.90. The first-order valence-corrected chi connectivity index (χ1v) is 8.05. The SMILES string of the molecule is CC1CCCCC1OCC(=O)N1CC(C)C(N(C)C)C1. The van der Waals surface area contributed by atoms with E-state index in [1.165, 1.54) is 19.3 Å². The predicted octanol–water partition coefficient (Wildman–Crippen LogP) is 1.99. The van der Waals surface area contributed by atoms with Crippen LogP contribution in [0.15, 0.2) is 0 Å². The maximum atomic E-state index is 12.3. The van der Waals surface area contributed by atoms with Gasteiger partial charge in [-0.2, -0.15) is 0 Å². The summed E-state index contributed by atoms with van der Waals surface area (Å²) < 4.78 is 5.90. The van der Waals surface area contributed by atoms with Gasteiger partial charge in [0.1, 0.15) is 6.61 Å². The van der Waals surface area contributed by atoms with Gasteiger partial charge in [0.15, 0.2) is 0 Å². The predicted molar refractivity (Wildman–Crippen MR) is 80.6 cm³/mol. The fraction of sp³-hybridized carbons (Fsp3) is 0.938. The second-order valence-electron chi connectivity index (χ2n) is 6.92. The maximum Gasteiger partial charge on any atom is 0.248 e. The van der Waals surface area contributed by atoms with E-state index >= 15 is 0 Å². The van der Waals surface area contributed by atoms with E-state index in [0.717, 1.165) is 19.5 Å². The number of rotatable bonds is 4. The first-order chi connectivity index (χ1) is 9.49. The Morgan fingerprint density at radius 1 is 1.15 bits per heavy atom. The molecule has 2 aliphatic rings. The van der Waals surface area contributed by atoms with Crippen LogP contribution in [0.5, 0.6) is 0 Å². The van der Waals surface area contributed by atoms with E-state index in [1.807, 2.05) is 4.90 Å². The standard InChI is InChI=1S/C16H30N2O2/c1-12-7-5-6-8-15(12)20-11-16(19)18-9-13(2)14(10-18)17(3)4/h12-15H,5-11H2,1-4H3. The van der Waals surface area contributed by atoms with Crippen molar-refractivity contribution in [1.82, 2.24) is 9.80 Å². The molecule has 2 fully saturated rings. The van der Waals surface area contributed by atoms with Crippen molar-refractivity contribution in [3.63, 3.8) is 0 Å². The average molecular weight is 282 g/mol. The van der Waals surface area contributed by atoms with Crippen LogP contribution in [0, 0.1) is 11.8 Å². The molecule has 4 unspecified atom stereocenters. The molecule has 0 bridgehead atoms. The van der Waals surface area contributed by atoms with Crippen molar-refractivity contribution >= 4 is 5.91 Å². The number of ether oxygens (including phenoxy) is 1. The summed E-state index contributed by atoms with van der Waals surface area (Å²) >= 11 is 0. The highest BCUT2D eigenvalue weighted by Gasteiger charge is 2.34. The normalized spacial score (nSPS) is 34.8. The van der Waals surface area contributed by atoms with Crippen LogP contribution in [0.25, 0.3) is 0 Å². The molecule has 116 valence electrons. The minimum absolute atomic E-state index is 0.166. The lowest BCUT2D eigenvalue weighted by Crippen LogP contribution is -2.38. The molecule has 4 atom stereocenters. The molecular formula is C16H30N2O2. The molecular weight excluding hydrogens is 252 g/mol. The summed E-state index contributed by atoms with van der Waals surface area (Å²) in [6.07, 6.45) is 5.20. The number of carbonyl (C=O) groups is 1. The average Bonchev–Trinajstić information content (AvgIpc) is 2.80. The fourth-order valence-electron chi connectivity index (χ4n) is 3.62. The highest BCUT2D eigenvalue weighted by molar-refractivity contribution is 5.77. The summed E-state index contributed by atoms with van der Waals surface area (Å²) in [6.45, 7) is 6.44. The van der Waals surface area contributed by atoms with Crippen LogP contribution in [0.3, 0.4) is 0 Å².